The van der Waals surface area contributed by atoms with Gasteiger partial charge in [-0.15, -0.1) is 0 Å². The van der Waals surface area contributed by atoms with Gasteiger partial charge >= 0.3 is 5.97 Å². The second-order valence-corrected chi connectivity index (χ2v) is 2.94. The zero-order valence-electron chi connectivity index (χ0n) is 6.55. The Balaban J connectivity index is 2.31. The lowest BCUT2D eigenvalue weighted by Gasteiger charge is -1.97. The summed E-state index contributed by atoms with van der Waals surface area (Å²) in [6, 6.07) is 0.303. The van der Waals surface area contributed by atoms with Gasteiger partial charge in [0.05, 0.1) is 7.11 Å². The summed E-state index contributed by atoms with van der Waals surface area (Å²) in [5, 5.41) is 3.04. The first-order valence-electron chi connectivity index (χ1n) is 3.50. The number of ether oxygens (including phenoxy) is 1. The minimum Gasteiger partial charge on any atom is -0.468 e. The molecule has 1 heterocycles. The van der Waals surface area contributed by atoms with Gasteiger partial charge in [-0.3, -0.25) is 10.1 Å². The van der Waals surface area contributed by atoms with Crippen LogP contribution in [0.2, 0.25) is 0 Å². The number of hydrogen-bond acceptors (Lipinski definition) is 3. The molecule has 1 aliphatic rings. The maximum absolute atomic E-state index is 10.8. The maximum atomic E-state index is 10.8. The van der Waals surface area contributed by atoms with Crippen LogP contribution in [0.25, 0.3) is 0 Å². The lowest BCUT2D eigenvalue weighted by molar-refractivity contribution is -0.140. The van der Waals surface area contributed by atoms with E-state index in [9.17, 15) is 4.79 Å². The quantitative estimate of drug-likeness (QED) is 0.442. The fraction of sp³-hybridized carbons (Fsp3) is 0.857. The Bertz CT molecular complexity index is 145. The Morgan fingerprint density at radius 2 is 2.20 bits per heavy atom. The molecule has 0 bridgehead atoms. The van der Waals surface area contributed by atoms with Crippen molar-refractivity contribution in [3.63, 3.8) is 0 Å². The number of hydrogen-bond donors (Lipinski definition) is 1. The van der Waals surface area contributed by atoms with Gasteiger partial charge in [-0.25, -0.2) is 0 Å². The Kier molecular flexibility index (Phi) is 1.94. The topological polar surface area (TPSA) is 48.2 Å². The highest BCUT2D eigenvalue weighted by atomic mass is 16.5. The second kappa shape index (κ2) is 2.58. The number of methoxy groups -OCH3 is 1. The standard InChI is InChI=1S/C7H13NO2/c1-4(2)5-6(8-5)7(9)10-3/h4-6,8H,1-3H3. The first-order chi connectivity index (χ1) is 4.66. The molecule has 0 aromatic rings. The molecule has 2 atom stereocenters. The molecule has 3 nitrogen and oxygen atoms in total. The molecular formula is C7H13NO2. The van der Waals surface area contributed by atoms with E-state index in [1.807, 2.05) is 0 Å². The van der Waals surface area contributed by atoms with E-state index in [2.05, 4.69) is 23.9 Å². The van der Waals surface area contributed by atoms with E-state index in [1.165, 1.54) is 7.11 Å². The molecule has 0 aromatic heterocycles. The molecule has 1 fully saturated rings. The Hall–Kier alpha value is -0.570. The van der Waals surface area contributed by atoms with Crippen molar-refractivity contribution in [3.05, 3.63) is 0 Å². The average Bonchev–Trinajstić information content (AvgIpc) is 2.64. The van der Waals surface area contributed by atoms with E-state index in [-0.39, 0.29) is 12.0 Å². The van der Waals surface area contributed by atoms with Crippen molar-refractivity contribution in [1.82, 2.24) is 5.32 Å². The van der Waals surface area contributed by atoms with Gasteiger partial charge in [-0.05, 0) is 5.92 Å². The van der Waals surface area contributed by atoms with Gasteiger partial charge in [0.2, 0.25) is 0 Å². The van der Waals surface area contributed by atoms with Gasteiger partial charge < -0.3 is 4.74 Å². The largest absolute Gasteiger partial charge is 0.468 e. The van der Waals surface area contributed by atoms with Crippen molar-refractivity contribution in [3.8, 4) is 0 Å². The van der Waals surface area contributed by atoms with Crippen LogP contribution in [-0.2, 0) is 9.53 Å². The van der Waals surface area contributed by atoms with Crippen LogP contribution < -0.4 is 5.32 Å². The summed E-state index contributed by atoms with van der Waals surface area (Å²) in [7, 11) is 1.42. The summed E-state index contributed by atoms with van der Waals surface area (Å²) < 4.78 is 4.55. The van der Waals surface area contributed by atoms with Gasteiger partial charge in [-0.2, -0.15) is 0 Å². The molecular weight excluding hydrogens is 130 g/mol. The van der Waals surface area contributed by atoms with Crippen LogP contribution in [0.5, 0.6) is 0 Å². The van der Waals surface area contributed by atoms with Crippen LogP contribution >= 0.6 is 0 Å². The fourth-order valence-electron chi connectivity index (χ4n) is 1.07. The number of esters is 1. The molecule has 10 heavy (non-hydrogen) atoms. The van der Waals surface area contributed by atoms with Crippen molar-refractivity contribution in [2.24, 2.45) is 5.92 Å². The number of carbonyl (C=O) groups is 1. The van der Waals surface area contributed by atoms with E-state index in [4.69, 9.17) is 0 Å². The summed E-state index contributed by atoms with van der Waals surface area (Å²) in [4.78, 5) is 10.8. The van der Waals surface area contributed by atoms with Gasteiger partial charge in [0.25, 0.3) is 0 Å². The third-order valence-corrected chi connectivity index (χ3v) is 1.80. The van der Waals surface area contributed by atoms with Gasteiger partial charge in [0.15, 0.2) is 0 Å². The van der Waals surface area contributed by atoms with Crippen LogP contribution in [0.1, 0.15) is 13.8 Å². The number of carbonyl (C=O) groups excluding carboxylic acids is 1. The van der Waals surface area contributed by atoms with E-state index in [1.54, 1.807) is 0 Å². The van der Waals surface area contributed by atoms with Gasteiger partial charge in [0.1, 0.15) is 6.04 Å². The van der Waals surface area contributed by atoms with E-state index < -0.39 is 0 Å². The molecule has 0 aliphatic carbocycles. The van der Waals surface area contributed by atoms with Crippen molar-refractivity contribution >= 4 is 5.97 Å². The number of rotatable bonds is 2. The van der Waals surface area contributed by atoms with Crippen molar-refractivity contribution in [2.75, 3.05) is 7.11 Å². The molecule has 0 saturated carbocycles. The summed E-state index contributed by atoms with van der Waals surface area (Å²) in [6.07, 6.45) is 0. The fourth-order valence-corrected chi connectivity index (χ4v) is 1.07. The Labute approximate surface area is 60.7 Å². The normalized spacial score (nSPS) is 30.4. The Morgan fingerprint density at radius 1 is 1.60 bits per heavy atom. The second-order valence-electron chi connectivity index (χ2n) is 2.94. The van der Waals surface area contributed by atoms with Crippen molar-refractivity contribution < 1.29 is 9.53 Å². The first kappa shape index (κ1) is 7.54. The first-order valence-corrected chi connectivity index (χ1v) is 3.50. The lowest BCUT2D eigenvalue weighted by atomic mass is 10.1. The molecule has 2 unspecified atom stereocenters. The third kappa shape index (κ3) is 1.29. The monoisotopic (exact) mass is 143 g/mol. The van der Waals surface area contributed by atoms with Gasteiger partial charge in [-0.1, -0.05) is 13.8 Å². The van der Waals surface area contributed by atoms with Gasteiger partial charge in [0, 0.05) is 6.04 Å². The number of nitrogens with one attached hydrogen (secondary N) is 1. The van der Waals surface area contributed by atoms with E-state index >= 15 is 0 Å². The zero-order valence-corrected chi connectivity index (χ0v) is 6.55. The highest BCUT2D eigenvalue weighted by Gasteiger charge is 2.44. The predicted octanol–water partition coefficient (Wildman–Crippen LogP) is 0.156. The minimum absolute atomic E-state index is 0.0370. The molecule has 1 saturated heterocycles. The molecule has 58 valence electrons. The summed E-state index contributed by atoms with van der Waals surface area (Å²) >= 11 is 0. The van der Waals surface area contributed by atoms with E-state index in [0.717, 1.165) is 0 Å². The summed E-state index contributed by atoms with van der Waals surface area (Å²) in [5.41, 5.74) is 0. The lowest BCUT2D eigenvalue weighted by Crippen LogP contribution is -2.14. The molecule has 0 amide bonds. The molecule has 0 spiro atoms. The smallest absolute Gasteiger partial charge is 0.324 e. The predicted molar refractivity (Wildman–Crippen MR) is 37.6 cm³/mol. The van der Waals surface area contributed by atoms with Crippen LogP contribution in [0, 0.1) is 5.92 Å². The minimum atomic E-state index is -0.140. The van der Waals surface area contributed by atoms with Crippen LogP contribution in [0.4, 0.5) is 0 Å². The average molecular weight is 143 g/mol. The highest BCUT2D eigenvalue weighted by molar-refractivity contribution is 5.80. The highest BCUT2D eigenvalue weighted by Crippen LogP contribution is 2.20. The Morgan fingerprint density at radius 3 is 2.50 bits per heavy atom. The molecule has 0 aromatic carbocycles. The molecule has 0 radical (unpaired) electrons. The zero-order chi connectivity index (χ0) is 7.72. The third-order valence-electron chi connectivity index (χ3n) is 1.80. The van der Waals surface area contributed by atoms with Crippen LogP contribution in [0.15, 0.2) is 0 Å². The summed E-state index contributed by atoms with van der Waals surface area (Å²) in [6.45, 7) is 4.17. The van der Waals surface area contributed by atoms with Crippen LogP contribution in [-0.4, -0.2) is 25.2 Å². The van der Waals surface area contributed by atoms with Crippen molar-refractivity contribution in [2.45, 2.75) is 25.9 Å². The molecule has 1 rings (SSSR count). The molecule has 1 N–H and O–H groups in total. The van der Waals surface area contributed by atoms with E-state index in [0.29, 0.717) is 12.0 Å². The van der Waals surface area contributed by atoms with Crippen molar-refractivity contribution in [1.29, 1.82) is 0 Å². The summed E-state index contributed by atoms with van der Waals surface area (Å²) in [5.74, 6) is 0.378. The molecule has 3 heteroatoms. The SMILES string of the molecule is COC(=O)C1NC1C(C)C. The van der Waals surface area contributed by atoms with Crippen LogP contribution in [0.3, 0.4) is 0 Å². The molecule has 1 aliphatic heterocycles. The maximum Gasteiger partial charge on any atom is 0.324 e.